The van der Waals surface area contributed by atoms with Crippen molar-refractivity contribution in [2.75, 3.05) is 90.9 Å². The summed E-state index contributed by atoms with van der Waals surface area (Å²) in [6.07, 6.45) is 0.902. The minimum absolute atomic E-state index is 0.00956. The van der Waals surface area contributed by atoms with E-state index in [-0.39, 0.29) is 45.2 Å². The number of rotatable bonds is 22. The molecule has 18 nitrogen and oxygen atoms in total. The average Bonchev–Trinajstić information content (AvgIpc) is 4.07. The van der Waals surface area contributed by atoms with Gasteiger partial charge in [-0.05, 0) is 47.7 Å². The summed E-state index contributed by atoms with van der Waals surface area (Å²) in [6, 6.07) is 16.0. The lowest BCUT2D eigenvalue weighted by Gasteiger charge is -2.35. The zero-order valence-electron chi connectivity index (χ0n) is 38.9. The highest BCUT2D eigenvalue weighted by atomic mass is 32.1. The molecule has 7 rings (SSSR count). The number of nitrogens with one attached hydrogen (secondary N) is 2. The Morgan fingerprint density at radius 2 is 1.66 bits per heavy atom. The van der Waals surface area contributed by atoms with Crippen molar-refractivity contribution in [1.82, 2.24) is 35.4 Å². The molecule has 0 radical (unpaired) electrons. The zero-order chi connectivity index (χ0) is 47.3. The zero-order valence-corrected chi connectivity index (χ0v) is 39.7. The summed E-state index contributed by atoms with van der Waals surface area (Å²) in [7, 11) is 1.61. The molecule has 67 heavy (non-hydrogen) atoms. The number of hydrogen-bond donors (Lipinski definition) is 3. The molecule has 2 aromatic carbocycles. The number of pyridine rings is 1. The quantitative estimate of drug-likeness (QED) is 0.0832. The molecule has 19 heteroatoms. The van der Waals surface area contributed by atoms with E-state index in [4.69, 9.17) is 33.1 Å². The van der Waals surface area contributed by atoms with Crippen molar-refractivity contribution in [3.8, 4) is 21.9 Å². The largest absolute Gasteiger partial charge is 0.495 e. The fourth-order valence-electron chi connectivity index (χ4n) is 7.84. The summed E-state index contributed by atoms with van der Waals surface area (Å²) >= 11 is 1.57. The van der Waals surface area contributed by atoms with Gasteiger partial charge in [0.2, 0.25) is 17.7 Å². The normalized spacial score (nSPS) is 17.2. The van der Waals surface area contributed by atoms with E-state index >= 15 is 0 Å². The van der Waals surface area contributed by atoms with E-state index < -0.39 is 35.4 Å². The van der Waals surface area contributed by atoms with E-state index in [1.165, 1.54) is 4.90 Å². The average molecular weight is 943 g/mol. The van der Waals surface area contributed by atoms with Crippen molar-refractivity contribution >= 4 is 46.2 Å². The van der Waals surface area contributed by atoms with Crippen LogP contribution in [0.4, 0.5) is 6.01 Å². The van der Waals surface area contributed by atoms with E-state index in [9.17, 15) is 19.5 Å². The molecular weight excluding hydrogens is 881 g/mol. The Hall–Kier alpha value is -5.70. The van der Waals surface area contributed by atoms with Gasteiger partial charge < -0.3 is 53.6 Å². The molecule has 0 spiro atoms. The third-order valence-electron chi connectivity index (χ3n) is 11.7. The number of ether oxygens (including phenoxy) is 5. The summed E-state index contributed by atoms with van der Waals surface area (Å²) in [6.45, 7) is 13.6. The highest BCUT2D eigenvalue weighted by Crippen LogP contribution is 2.30. The highest BCUT2D eigenvalue weighted by molar-refractivity contribution is 7.13. The van der Waals surface area contributed by atoms with Crippen LogP contribution in [0, 0.1) is 12.3 Å². The Labute approximate surface area is 394 Å². The van der Waals surface area contributed by atoms with Crippen LogP contribution in [0.25, 0.3) is 21.5 Å². The van der Waals surface area contributed by atoms with Gasteiger partial charge in [-0.2, -0.15) is 4.98 Å². The number of carbonyl (C=O) groups is 3. The third kappa shape index (κ3) is 13.7. The van der Waals surface area contributed by atoms with E-state index in [0.29, 0.717) is 49.5 Å². The van der Waals surface area contributed by atoms with Crippen molar-refractivity contribution < 1.29 is 47.6 Å². The van der Waals surface area contributed by atoms with Gasteiger partial charge in [0.1, 0.15) is 42.3 Å². The molecule has 2 aliphatic rings. The van der Waals surface area contributed by atoms with Crippen molar-refractivity contribution in [3.05, 3.63) is 83.3 Å². The molecule has 5 aromatic rings. The van der Waals surface area contributed by atoms with E-state index in [0.717, 1.165) is 65.6 Å². The topological polar surface area (TPSA) is 203 Å². The fourth-order valence-corrected chi connectivity index (χ4v) is 8.65. The molecule has 3 N–H and O–H groups in total. The number of methoxy groups -OCH3 is 1. The van der Waals surface area contributed by atoms with Crippen LogP contribution in [0.2, 0.25) is 0 Å². The van der Waals surface area contributed by atoms with Gasteiger partial charge in [-0.15, -0.1) is 11.3 Å². The molecule has 2 aliphatic heterocycles. The molecule has 2 saturated heterocycles. The van der Waals surface area contributed by atoms with Gasteiger partial charge in [-0.3, -0.25) is 24.3 Å². The van der Waals surface area contributed by atoms with Crippen molar-refractivity contribution in [2.24, 2.45) is 5.41 Å². The Morgan fingerprint density at radius 3 is 2.34 bits per heavy atom. The predicted octanol–water partition coefficient (Wildman–Crippen LogP) is 4.22. The SMILES string of the molecule is COc1ccc(COc2ccc3oc(N4CCN(CCOCCOCCOCC(=O)N[C@H](C(=O)N5C[C@H](O)C[C@H]5C(=O)NCc5ccc(-c6scnc6C)cc5)C(C)(C)C)CC4)nc3c2)nc1. The maximum atomic E-state index is 13.9. The van der Waals surface area contributed by atoms with Gasteiger partial charge in [0.15, 0.2) is 5.58 Å². The Balaban J connectivity index is 0.740. The van der Waals surface area contributed by atoms with Crippen LogP contribution >= 0.6 is 11.3 Å². The fraction of sp³-hybridized carbons (Fsp3) is 0.500. The lowest BCUT2D eigenvalue weighted by molar-refractivity contribution is -0.144. The predicted molar refractivity (Wildman–Crippen MR) is 252 cm³/mol. The number of aliphatic hydroxyl groups is 1. The van der Waals surface area contributed by atoms with E-state index in [2.05, 4.69) is 30.4 Å². The molecule has 3 atom stereocenters. The van der Waals surface area contributed by atoms with Gasteiger partial charge in [-0.25, -0.2) is 4.98 Å². The summed E-state index contributed by atoms with van der Waals surface area (Å²) < 4.78 is 34.2. The first kappa shape index (κ1) is 49.2. The number of β-amino-alcohol motifs (C(OH)–C–C–N with tert-alkyl or cyclic N) is 1. The molecule has 2 fully saturated rings. The first-order valence-electron chi connectivity index (χ1n) is 22.6. The van der Waals surface area contributed by atoms with Gasteiger partial charge >= 0.3 is 0 Å². The maximum Gasteiger partial charge on any atom is 0.298 e. The number of amides is 3. The molecule has 3 amide bonds. The molecule has 5 heterocycles. The second-order valence-electron chi connectivity index (χ2n) is 17.7. The molecular formula is C48H62N8O10S. The molecule has 0 aliphatic carbocycles. The first-order chi connectivity index (χ1) is 32.3. The van der Waals surface area contributed by atoms with Gasteiger partial charge in [0.25, 0.3) is 6.01 Å². The van der Waals surface area contributed by atoms with Crippen LogP contribution in [0.1, 0.15) is 44.1 Å². The summed E-state index contributed by atoms with van der Waals surface area (Å²) in [4.78, 5) is 60.7. The Bertz CT molecular complexity index is 2380. The second-order valence-corrected chi connectivity index (χ2v) is 18.5. The summed E-state index contributed by atoms with van der Waals surface area (Å²) in [5.41, 5.74) is 6.27. The second kappa shape index (κ2) is 23.3. The number of fused-ring (bicyclic) bond motifs is 1. The number of hydrogen-bond acceptors (Lipinski definition) is 16. The third-order valence-corrected chi connectivity index (χ3v) is 12.6. The molecule has 0 unspecified atom stereocenters. The summed E-state index contributed by atoms with van der Waals surface area (Å²) in [5, 5.41) is 16.3. The highest BCUT2D eigenvalue weighted by Gasteiger charge is 2.44. The monoisotopic (exact) mass is 942 g/mol. The molecule has 3 aromatic heterocycles. The van der Waals surface area contributed by atoms with E-state index in [1.807, 2.05) is 87.8 Å². The Morgan fingerprint density at radius 1 is 0.925 bits per heavy atom. The number of likely N-dealkylation sites (tertiary alicyclic amines) is 1. The number of piperazine rings is 1. The summed E-state index contributed by atoms with van der Waals surface area (Å²) in [5.74, 6) is 0.113. The number of aryl methyl sites for hydroxylation is 1. The number of oxazole rings is 1. The lowest BCUT2D eigenvalue weighted by Crippen LogP contribution is -2.58. The van der Waals surface area contributed by atoms with Crippen LogP contribution in [-0.2, 0) is 41.7 Å². The standard InChI is InChI=1S/C48H62N8O10S/c1-32-43(67-31-51-32)34-8-6-33(7-9-34)26-50-45(59)40-24-36(57)28-56(40)46(60)44(48(2,3)4)53-42(58)30-64-23-22-63-21-20-62-19-18-54-14-16-55(17-15-54)47-52-39-25-37(12-13-41(39)66-47)65-29-35-10-11-38(61-5)27-49-35/h6-13,25,27,31,36,40,44,57H,14-24,26,28-30H2,1-5H3,(H,50,59)(H,53,58)/t36-,40+,44-/m1/s1. The van der Waals surface area contributed by atoms with Crippen LogP contribution in [0.3, 0.4) is 0 Å². The number of anilines is 1. The number of aliphatic hydroxyl groups excluding tert-OH is 1. The van der Waals surface area contributed by atoms with Crippen LogP contribution < -0.4 is 25.0 Å². The van der Waals surface area contributed by atoms with Gasteiger partial charge in [0.05, 0.1) is 74.2 Å². The Kier molecular flexibility index (Phi) is 17.1. The van der Waals surface area contributed by atoms with Crippen LogP contribution in [0.15, 0.2) is 70.7 Å². The van der Waals surface area contributed by atoms with Crippen molar-refractivity contribution in [3.63, 3.8) is 0 Å². The van der Waals surface area contributed by atoms with E-state index in [1.54, 1.807) is 24.6 Å². The first-order valence-corrected chi connectivity index (χ1v) is 23.5. The number of nitrogens with zero attached hydrogens (tertiary/aromatic N) is 6. The van der Waals surface area contributed by atoms with Gasteiger partial charge in [0, 0.05) is 58.3 Å². The number of carbonyl (C=O) groups excluding carboxylic acids is 3. The van der Waals surface area contributed by atoms with Crippen LogP contribution in [-0.4, -0.2) is 152 Å². The van der Waals surface area contributed by atoms with Gasteiger partial charge in [-0.1, -0.05) is 45.0 Å². The molecule has 360 valence electrons. The smallest absolute Gasteiger partial charge is 0.298 e. The minimum Gasteiger partial charge on any atom is -0.495 e. The number of aromatic nitrogens is 3. The van der Waals surface area contributed by atoms with Crippen molar-refractivity contribution in [1.29, 1.82) is 0 Å². The van der Waals surface area contributed by atoms with Crippen LogP contribution in [0.5, 0.6) is 11.5 Å². The molecule has 0 bridgehead atoms. The lowest BCUT2D eigenvalue weighted by atomic mass is 9.85. The van der Waals surface area contributed by atoms with Crippen molar-refractivity contribution in [2.45, 2.75) is 65.5 Å². The number of benzene rings is 2. The minimum atomic E-state index is -0.955. The maximum absolute atomic E-state index is 13.9. The number of thiazole rings is 1. The molecule has 0 saturated carbocycles.